The van der Waals surface area contributed by atoms with Crippen molar-refractivity contribution in [1.29, 1.82) is 5.26 Å². The van der Waals surface area contributed by atoms with E-state index in [0.29, 0.717) is 11.3 Å². The summed E-state index contributed by atoms with van der Waals surface area (Å²) in [5.41, 5.74) is 2.89. The largest absolute Gasteiger partial charge is 0.426 e. The first kappa shape index (κ1) is 18.2. The number of nitriles is 1. The molecule has 0 unspecified atom stereocenters. The van der Waals surface area contributed by atoms with E-state index in [0.717, 1.165) is 50.0 Å². The summed E-state index contributed by atoms with van der Waals surface area (Å²) in [6.45, 7) is 2.25. The standard InChI is InChI=1S/C23H25NO2/c1-17-6-13-21(14-7-17)23(25)26-22-5-3-2-4-20(22)15-12-18-8-10-19(16-24)11-9-18/h2-5,8-11,17,21H,6-7,12-15H2,1H3. The van der Waals surface area contributed by atoms with Crippen molar-refractivity contribution in [3.8, 4) is 11.8 Å². The van der Waals surface area contributed by atoms with E-state index in [-0.39, 0.29) is 11.9 Å². The molecule has 0 spiro atoms. The average Bonchev–Trinajstić information content (AvgIpc) is 2.68. The molecule has 3 nitrogen and oxygen atoms in total. The maximum Gasteiger partial charge on any atom is 0.314 e. The molecule has 1 saturated carbocycles. The van der Waals surface area contributed by atoms with Gasteiger partial charge in [-0.25, -0.2) is 0 Å². The van der Waals surface area contributed by atoms with Gasteiger partial charge in [-0.1, -0.05) is 37.3 Å². The predicted octanol–water partition coefficient (Wildman–Crippen LogP) is 5.08. The third kappa shape index (κ3) is 4.73. The fourth-order valence-corrected chi connectivity index (χ4v) is 3.52. The second kappa shape index (κ2) is 8.67. The summed E-state index contributed by atoms with van der Waals surface area (Å²) < 4.78 is 5.76. The molecular weight excluding hydrogens is 322 g/mol. The molecule has 0 heterocycles. The van der Waals surface area contributed by atoms with Gasteiger partial charge in [0.15, 0.2) is 0 Å². The minimum absolute atomic E-state index is 0.0396. The summed E-state index contributed by atoms with van der Waals surface area (Å²) in [7, 11) is 0. The van der Waals surface area contributed by atoms with Crippen LogP contribution in [0, 0.1) is 23.2 Å². The molecule has 0 aromatic heterocycles. The van der Waals surface area contributed by atoms with Crippen LogP contribution in [-0.4, -0.2) is 5.97 Å². The predicted molar refractivity (Wildman–Crippen MR) is 102 cm³/mol. The molecular formula is C23H25NO2. The minimum Gasteiger partial charge on any atom is -0.426 e. The molecule has 3 heteroatoms. The van der Waals surface area contributed by atoms with Gasteiger partial charge >= 0.3 is 5.97 Å². The number of hydrogen-bond donors (Lipinski definition) is 0. The molecule has 1 aliphatic carbocycles. The summed E-state index contributed by atoms with van der Waals surface area (Å²) in [4.78, 5) is 12.5. The van der Waals surface area contributed by atoms with Crippen molar-refractivity contribution in [3.63, 3.8) is 0 Å². The van der Waals surface area contributed by atoms with Crippen LogP contribution >= 0.6 is 0 Å². The lowest BCUT2D eigenvalue weighted by Crippen LogP contribution is -2.25. The van der Waals surface area contributed by atoms with Crippen molar-refractivity contribution in [1.82, 2.24) is 0 Å². The molecule has 0 bridgehead atoms. The highest BCUT2D eigenvalue weighted by Crippen LogP contribution is 2.30. The van der Waals surface area contributed by atoms with Gasteiger partial charge in [-0.3, -0.25) is 4.79 Å². The maximum atomic E-state index is 12.5. The smallest absolute Gasteiger partial charge is 0.314 e. The number of carbonyl (C=O) groups is 1. The second-order valence-corrected chi connectivity index (χ2v) is 7.29. The SMILES string of the molecule is CC1CCC(C(=O)Oc2ccccc2CCc2ccc(C#N)cc2)CC1. The Kier molecular flexibility index (Phi) is 6.07. The number of aryl methyl sites for hydroxylation is 2. The van der Waals surface area contributed by atoms with Gasteiger partial charge in [0.2, 0.25) is 0 Å². The van der Waals surface area contributed by atoms with Crippen LogP contribution in [0.25, 0.3) is 0 Å². The average molecular weight is 347 g/mol. The lowest BCUT2D eigenvalue weighted by atomic mass is 9.83. The number of benzene rings is 2. The molecule has 0 atom stereocenters. The first-order valence-corrected chi connectivity index (χ1v) is 9.44. The Morgan fingerprint density at radius 3 is 2.42 bits per heavy atom. The number of nitrogens with zero attached hydrogens (tertiary/aromatic N) is 1. The Morgan fingerprint density at radius 2 is 1.73 bits per heavy atom. The van der Waals surface area contributed by atoms with E-state index in [1.54, 1.807) is 0 Å². The van der Waals surface area contributed by atoms with Crippen molar-refractivity contribution in [2.75, 3.05) is 0 Å². The number of rotatable bonds is 5. The number of esters is 1. The second-order valence-electron chi connectivity index (χ2n) is 7.29. The van der Waals surface area contributed by atoms with Crippen LogP contribution in [0.2, 0.25) is 0 Å². The quantitative estimate of drug-likeness (QED) is 0.560. The van der Waals surface area contributed by atoms with Crippen LogP contribution in [0.4, 0.5) is 0 Å². The molecule has 0 radical (unpaired) electrons. The summed E-state index contributed by atoms with van der Waals surface area (Å²) in [5.74, 6) is 1.36. The fourth-order valence-electron chi connectivity index (χ4n) is 3.52. The minimum atomic E-state index is -0.0808. The third-order valence-electron chi connectivity index (χ3n) is 5.30. The van der Waals surface area contributed by atoms with Crippen LogP contribution in [0.3, 0.4) is 0 Å². The van der Waals surface area contributed by atoms with Crippen molar-refractivity contribution >= 4 is 5.97 Å². The van der Waals surface area contributed by atoms with Gasteiger partial charge in [-0.15, -0.1) is 0 Å². The number of para-hydroxylation sites is 1. The van der Waals surface area contributed by atoms with Crippen LogP contribution in [0.15, 0.2) is 48.5 Å². The van der Waals surface area contributed by atoms with Crippen molar-refractivity contribution in [2.24, 2.45) is 11.8 Å². The molecule has 3 rings (SSSR count). The Labute approximate surface area is 155 Å². The first-order chi connectivity index (χ1) is 12.7. The molecule has 0 amide bonds. The zero-order chi connectivity index (χ0) is 18.4. The summed E-state index contributed by atoms with van der Waals surface area (Å²) in [5, 5.41) is 8.88. The van der Waals surface area contributed by atoms with E-state index in [9.17, 15) is 4.79 Å². The molecule has 0 N–H and O–H groups in total. The van der Waals surface area contributed by atoms with Crippen LogP contribution < -0.4 is 4.74 Å². The van der Waals surface area contributed by atoms with Crippen LogP contribution in [-0.2, 0) is 17.6 Å². The molecule has 0 aliphatic heterocycles. The van der Waals surface area contributed by atoms with E-state index in [1.165, 1.54) is 5.56 Å². The molecule has 134 valence electrons. The topological polar surface area (TPSA) is 50.1 Å². The van der Waals surface area contributed by atoms with Crippen molar-refractivity contribution in [3.05, 3.63) is 65.2 Å². The number of ether oxygens (including phenoxy) is 1. The molecule has 2 aromatic rings. The molecule has 1 fully saturated rings. The Morgan fingerprint density at radius 1 is 1.04 bits per heavy atom. The Hall–Kier alpha value is -2.60. The zero-order valence-electron chi connectivity index (χ0n) is 15.3. The fraction of sp³-hybridized carbons (Fsp3) is 0.391. The Balaban J connectivity index is 1.62. The van der Waals surface area contributed by atoms with Gasteiger partial charge in [-0.2, -0.15) is 5.26 Å². The summed E-state index contributed by atoms with van der Waals surface area (Å²) >= 11 is 0. The van der Waals surface area contributed by atoms with E-state index >= 15 is 0 Å². The van der Waals surface area contributed by atoms with Gasteiger partial charge in [-0.05, 0) is 73.8 Å². The van der Waals surface area contributed by atoms with Gasteiger partial charge in [0.05, 0.1) is 17.6 Å². The molecule has 26 heavy (non-hydrogen) atoms. The normalized spacial score (nSPS) is 19.5. The molecule has 1 aliphatic rings. The van der Waals surface area contributed by atoms with Crippen LogP contribution in [0.5, 0.6) is 5.75 Å². The van der Waals surface area contributed by atoms with E-state index in [4.69, 9.17) is 10.00 Å². The van der Waals surface area contributed by atoms with Crippen LogP contribution in [0.1, 0.15) is 49.3 Å². The highest BCUT2D eigenvalue weighted by molar-refractivity contribution is 5.75. The summed E-state index contributed by atoms with van der Waals surface area (Å²) in [6, 6.07) is 17.6. The lowest BCUT2D eigenvalue weighted by Gasteiger charge is -2.24. The molecule has 2 aromatic carbocycles. The lowest BCUT2D eigenvalue weighted by molar-refractivity contribution is -0.140. The third-order valence-corrected chi connectivity index (χ3v) is 5.30. The number of hydrogen-bond acceptors (Lipinski definition) is 3. The van der Waals surface area contributed by atoms with E-state index < -0.39 is 0 Å². The van der Waals surface area contributed by atoms with Crippen molar-refractivity contribution < 1.29 is 9.53 Å². The first-order valence-electron chi connectivity index (χ1n) is 9.44. The van der Waals surface area contributed by atoms with Gasteiger partial charge < -0.3 is 4.74 Å². The Bertz CT molecular complexity index is 781. The summed E-state index contributed by atoms with van der Waals surface area (Å²) in [6.07, 6.45) is 5.75. The highest BCUT2D eigenvalue weighted by Gasteiger charge is 2.26. The highest BCUT2D eigenvalue weighted by atomic mass is 16.5. The van der Waals surface area contributed by atoms with Gasteiger partial charge in [0.1, 0.15) is 5.75 Å². The molecule has 0 saturated heterocycles. The van der Waals surface area contributed by atoms with Crippen molar-refractivity contribution in [2.45, 2.75) is 45.4 Å². The van der Waals surface area contributed by atoms with E-state index in [1.807, 2.05) is 48.5 Å². The van der Waals surface area contributed by atoms with Gasteiger partial charge in [0.25, 0.3) is 0 Å². The maximum absolute atomic E-state index is 12.5. The van der Waals surface area contributed by atoms with E-state index in [2.05, 4.69) is 13.0 Å². The zero-order valence-corrected chi connectivity index (χ0v) is 15.3. The number of carbonyl (C=O) groups excluding carboxylic acids is 1. The monoisotopic (exact) mass is 347 g/mol. The van der Waals surface area contributed by atoms with Gasteiger partial charge in [0, 0.05) is 0 Å².